The Balaban J connectivity index is 2.51. The Kier molecular flexibility index (Phi) is 5.12. The summed E-state index contributed by atoms with van der Waals surface area (Å²) in [6, 6.07) is -0.102. The first-order valence-corrected chi connectivity index (χ1v) is 6.99. The number of nitrogens with zero attached hydrogens (tertiary/aromatic N) is 1. The van der Waals surface area contributed by atoms with Crippen LogP contribution in [-0.2, 0) is 9.53 Å². The molecule has 94 valence electrons. The van der Waals surface area contributed by atoms with Crippen LogP contribution in [0, 0.1) is 0 Å². The molecule has 3 nitrogen and oxygen atoms in total. The average molecular weight is 245 g/mol. The van der Waals surface area contributed by atoms with Crippen LogP contribution in [0.3, 0.4) is 0 Å². The van der Waals surface area contributed by atoms with Crippen LogP contribution in [0.1, 0.15) is 34.1 Å². The first-order chi connectivity index (χ1) is 7.46. The first kappa shape index (κ1) is 13.8. The molecule has 1 aliphatic rings. The van der Waals surface area contributed by atoms with E-state index in [-0.39, 0.29) is 12.0 Å². The van der Waals surface area contributed by atoms with Crippen molar-refractivity contribution in [1.82, 2.24) is 4.90 Å². The molecule has 1 saturated heterocycles. The fourth-order valence-electron chi connectivity index (χ4n) is 1.84. The van der Waals surface area contributed by atoms with Gasteiger partial charge in [0.05, 0.1) is 6.61 Å². The molecule has 16 heavy (non-hydrogen) atoms. The zero-order valence-corrected chi connectivity index (χ0v) is 11.6. The molecule has 0 radical (unpaired) electrons. The summed E-state index contributed by atoms with van der Waals surface area (Å²) >= 11 is 1.99. The van der Waals surface area contributed by atoms with Gasteiger partial charge in [0.25, 0.3) is 0 Å². The molecule has 0 aromatic heterocycles. The summed E-state index contributed by atoms with van der Waals surface area (Å²) in [5, 5.41) is 0. The number of hydrogen-bond acceptors (Lipinski definition) is 4. The lowest BCUT2D eigenvalue weighted by Crippen LogP contribution is -2.41. The Morgan fingerprint density at radius 1 is 1.50 bits per heavy atom. The monoisotopic (exact) mass is 245 g/mol. The van der Waals surface area contributed by atoms with E-state index in [9.17, 15) is 4.79 Å². The van der Waals surface area contributed by atoms with Crippen LogP contribution in [0.4, 0.5) is 0 Å². The molecule has 1 unspecified atom stereocenters. The molecule has 0 amide bonds. The van der Waals surface area contributed by atoms with E-state index in [1.165, 1.54) is 0 Å². The highest BCUT2D eigenvalue weighted by molar-refractivity contribution is 8.00. The minimum Gasteiger partial charge on any atom is -0.465 e. The molecule has 0 spiro atoms. The first-order valence-electron chi connectivity index (χ1n) is 6.01. The van der Waals surface area contributed by atoms with Crippen molar-refractivity contribution in [3.8, 4) is 0 Å². The molecular weight excluding hydrogens is 222 g/mol. The lowest BCUT2D eigenvalue weighted by molar-refractivity contribution is -0.148. The number of ether oxygens (including phenoxy) is 1. The fourth-order valence-corrected chi connectivity index (χ4v) is 2.95. The van der Waals surface area contributed by atoms with Gasteiger partial charge in [0, 0.05) is 23.6 Å². The Bertz CT molecular complexity index is 243. The minimum atomic E-state index is -0.102. The highest BCUT2D eigenvalue weighted by Gasteiger charge is 2.28. The third-order valence-electron chi connectivity index (χ3n) is 3.05. The lowest BCUT2D eigenvalue weighted by Gasteiger charge is -2.26. The molecule has 0 aromatic rings. The molecule has 1 fully saturated rings. The maximum absolute atomic E-state index is 11.6. The highest BCUT2D eigenvalue weighted by Crippen LogP contribution is 2.31. The maximum Gasteiger partial charge on any atom is 0.323 e. The van der Waals surface area contributed by atoms with Crippen LogP contribution >= 0.6 is 11.8 Å². The predicted octanol–water partition coefficient (Wildman–Crippen LogP) is 2.16. The van der Waals surface area contributed by atoms with Gasteiger partial charge in [0.2, 0.25) is 0 Å². The van der Waals surface area contributed by atoms with Crippen molar-refractivity contribution >= 4 is 17.7 Å². The number of thioether (sulfide) groups is 1. The quantitative estimate of drug-likeness (QED) is 0.713. The Hall–Kier alpha value is -0.220. The number of carbonyl (C=O) groups is 1. The number of hydrogen-bond donors (Lipinski definition) is 0. The van der Waals surface area contributed by atoms with Gasteiger partial charge in [-0.3, -0.25) is 9.69 Å². The largest absolute Gasteiger partial charge is 0.465 e. The van der Waals surface area contributed by atoms with Crippen LogP contribution in [0.5, 0.6) is 0 Å². The molecule has 0 aromatic carbocycles. The number of esters is 1. The van der Waals surface area contributed by atoms with Gasteiger partial charge in [-0.05, 0) is 20.3 Å². The molecule has 1 rings (SSSR count). The van der Waals surface area contributed by atoms with Crippen molar-refractivity contribution in [1.29, 1.82) is 0 Å². The summed E-state index contributed by atoms with van der Waals surface area (Å²) in [5.74, 6) is 1.00. The summed E-state index contributed by atoms with van der Waals surface area (Å²) in [5.41, 5.74) is 0. The molecular formula is C12H23NO2S. The van der Waals surface area contributed by atoms with Crippen LogP contribution in [-0.4, -0.2) is 47.1 Å². The van der Waals surface area contributed by atoms with Gasteiger partial charge in [-0.2, -0.15) is 11.8 Å². The second kappa shape index (κ2) is 5.92. The van der Waals surface area contributed by atoms with Crippen LogP contribution in [0.15, 0.2) is 0 Å². The predicted molar refractivity (Wildman–Crippen MR) is 68.8 cm³/mol. The highest BCUT2D eigenvalue weighted by atomic mass is 32.2. The van der Waals surface area contributed by atoms with Crippen molar-refractivity contribution in [3.05, 3.63) is 0 Å². The smallest absolute Gasteiger partial charge is 0.323 e. The van der Waals surface area contributed by atoms with E-state index in [0.29, 0.717) is 11.4 Å². The van der Waals surface area contributed by atoms with E-state index in [1.54, 1.807) is 0 Å². The summed E-state index contributed by atoms with van der Waals surface area (Å²) in [6.07, 6.45) is 1.13. The van der Waals surface area contributed by atoms with E-state index < -0.39 is 0 Å². The number of carbonyl (C=O) groups excluding carboxylic acids is 1. The molecule has 0 saturated carbocycles. The van der Waals surface area contributed by atoms with E-state index in [4.69, 9.17) is 4.74 Å². The second-order valence-electron chi connectivity index (χ2n) is 4.82. The zero-order chi connectivity index (χ0) is 12.2. The van der Waals surface area contributed by atoms with Crippen molar-refractivity contribution in [3.63, 3.8) is 0 Å². The van der Waals surface area contributed by atoms with Gasteiger partial charge >= 0.3 is 5.97 Å². The lowest BCUT2D eigenvalue weighted by atomic mass is 10.1. The molecule has 0 bridgehead atoms. The van der Waals surface area contributed by atoms with Crippen molar-refractivity contribution < 1.29 is 9.53 Å². The summed E-state index contributed by atoms with van der Waals surface area (Å²) in [4.78, 5) is 13.9. The van der Waals surface area contributed by atoms with E-state index in [2.05, 4.69) is 18.7 Å². The summed E-state index contributed by atoms with van der Waals surface area (Å²) < 4.78 is 5.40. The Morgan fingerprint density at radius 2 is 2.19 bits per heavy atom. The van der Waals surface area contributed by atoms with Crippen molar-refractivity contribution in [2.24, 2.45) is 0 Å². The van der Waals surface area contributed by atoms with E-state index >= 15 is 0 Å². The van der Waals surface area contributed by atoms with Crippen LogP contribution in [0.2, 0.25) is 0 Å². The Morgan fingerprint density at radius 3 is 2.81 bits per heavy atom. The van der Waals surface area contributed by atoms with Gasteiger partial charge in [-0.15, -0.1) is 0 Å². The molecule has 4 heteroatoms. The molecule has 1 heterocycles. The second-order valence-corrected chi connectivity index (χ2v) is 6.62. The third-order valence-corrected chi connectivity index (χ3v) is 4.42. The third kappa shape index (κ3) is 3.98. The fraction of sp³-hybridized carbons (Fsp3) is 0.917. The van der Waals surface area contributed by atoms with Gasteiger partial charge in [0.15, 0.2) is 0 Å². The van der Waals surface area contributed by atoms with Gasteiger partial charge < -0.3 is 4.74 Å². The normalized spacial score (nSPS) is 23.5. The summed E-state index contributed by atoms with van der Waals surface area (Å²) in [6.45, 7) is 10.8. The van der Waals surface area contributed by atoms with E-state index in [0.717, 1.165) is 25.3 Å². The molecule has 1 aliphatic heterocycles. The standard InChI is InChI=1S/C12H23NO2S/c1-5-15-11(14)10(2)13-7-6-12(3,4)16-9-8-13/h10H,5-9H2,1-4H3. The number of rotatable bonds is 3. The minimum absolute atomic E-state index is 0.0905. The molecule has 1 atom stereocenters. The van der Waals surface area contributed by atoms with Gasteiger partial charge in [-0.25, -0.2) is 0 Å². The van der Waals surface area contributed by atoms with Crippen molar-refractivity contribution in [2.75, 3.05) is 25.4 Å². The maximum atomic E-state index is 11.6. The Labute approximate surface area is 103 Å². The zero-order valence-electron chi connectivity index (χ0n) is 10.8. The topological polar surface area (TPSA) is 29.5 Å². The molecule has 0 aliphatic carbocycles. The summed E-state index contributed by atoms with van der Waals surface area (Å²) in [7, 11) is 0. The van der Waals surface area contributed by atoms with Crippen molar-refractivity contribution in [2.45, 2.75) is 44.9 Å². The SMILES string of the molecule is CCOC(=O)C(C)N1CCSC(C)(C)CC1. The van der Waals surface area contributed by atoms with Crippen LogP contribution in [0.25, 0.3) is 0 Å². The van der Waals surface area contributed by atoms with Gasteiger partial charge in [0.1, 0.15) is 6.04 Å². The average Bonchev–Trinajstić information content (AvgIpc) is 2.39. The molecule has 0 N–H and O–H groups in total. The van der Waals surface area contributed by atoms with Gasteiger partial charge in [-0.1, -0.05) is 13.8 Å². The van der Waals surface area contributed by atoms with Crippen LogP contribution < -0.4 is 0 Å². The van der Waals surface area contributed by atoms with E-state index in [1.807, 2.05) is 25.6 Å².